The van der Waals surface area contributed by atoms with Gasteiger partial charge in [-0.25, -0.2) is 5.10 Å². The van der Waals surface area contributed by atoms with Crippen molar-refractivity contribution in [1.82, 2.24) is 25.7 Å². The van der Waals surface area contributed by atoms with Gasteiger partial charge >= 0.3 is 0 Å². The lowest BCUT2D eigenvalue weighted by Gasteiger charge is -2.25. The number of aromatic nitrogens is 4. The first-order chi connectivity index (χ1) is 17.9. The van der Waals surface area contributed by atoms with E-state index in [0.29, 0.717) is 61.9 Å². The molecule has 3 N–H and O–H groups in total. The molecule has 10 nitrogen and oxygen atoms in total. The molecular formula is C27H30N6O4. The summed E-state index contributed by atoms with van der Waals surface area (Å²) in [6.45, 7) is 5.87. The first kappa shape index (κ1) is 24.5. The smallest absolute Gasteiger partial charge is 0.272 e. The van der Waals surface area contributed by atoms with Gasteiger partial charge in [-0.05, 0) is 41.7 Å². The molecule has 0 radical (unpaired) electrons. The largest absolute Gasteiger partial charge is 0.493 e. The minimum Gasteiger partial charge on any atom is -0.493 e. The molecule has 0 spiro atoms. The summed E-state index contributed by atoms with van der Waals surface area (Å²) in [5, 5.41) is 18.4. The van der Waals surface area contributed by atoms with Crippen LogP contribution in [-0.4, -0.2) is 45.9 Å². The van der Waals surface area contributed by atoms with Crippen molar-refractivity contribution in [3.8, 4) is 17.1 Å². The minimum absolute atomic E-state index is 0.0287. The molecule has 4 aromatic rings. The van der Waals surface area contributed by atoms with Crippen LogP contribution in [0.15, 0.2) is 51.8 Å². The maximum absolute atomic E-state index is 12.4. The third kappa shape index (κ3) is 5.79. The van der Waals surface area contributed by atoms with Gasteiger partial charge in [-0.3, -0.25) is 9.59 Å². The van der Waals surface area contributed by atoms with Crippen molar-refractivity contribution in [2.45, 2.75) is 39.5 Å². The Labute approximate surface area is 213 Å². The summed E-state index contributed by atoms with van der Waals surface area (Å²) in [4.78, 5) is 28.9. The number of rotatable bonds is 10. The van der Waals surface area contributed by atoms with Crippen molar-refractivity contribution in [2.24, 2.45) is 5.41 Å². The quantitative estimate of drug-likeness (QED) is 0.300. The molecule has 3 heterocycles. The van der Waals surface area contributed by atoms with Gasteiger partial charge in [-0.2, -0.15) is 10.1 Å². The Kier molecular flexibility index (Phi) is 6.89. The van der Waals surface area contributed by atoms with Crippen molar-refractivity contribution >= 4 is 22.5 Å². The Balaban J connectivity index is 1.07. The van der Waals surface area contributed by atoms with E-state index < -0.39 is 0 Å². The molecule has 0 fully saturated rings. The fourth-order valence-corrected chi connectivity index (χ4v) is 4.26. The van der Waals surface area contributed by atoms with Gasteiger partial charge < -0.3 is 19.9 Å². The van der Waals surface area contributed by atoms with Crippen LogP contribution < -0.4 is 20.9 Å². The highest BCUT2D eigenvalue weighted by Gasteiger charge is 2.20. The van der Waals surface area contributed by atoms with E-state index in [2.05, 4.69) is 44.8 Å². The maximum Gasteiger partial charge on any atom is 0.272 e. The van der Waals surface area contributed by atoms with Crippen LogP contribution >= 0.6 is 0 Å². The molecule has 1 aliphatic rings. The second kappa shape index (κ2) is 10.4. The molecule has 10 heteroatoms. The zero-order valence-corrected chi connectivity index (χ0v) is 21.0. The fraction of sp³-hybridized carbons (Fsp3) is 0.370. The van der Waals surface area contributed by atoms with Crippen LogP contribution in [-0.2, 0) is 17.6 Å². The van der Waals surface area contributed by atoms with Crippen molar-refractivity contribution in [3.63, 3.8) is 0 Å². The Hall–Kier alpha value is -4.21. The van der Waals surface area contributed by atoms with E-state index in [-0.39, 0.29) is 16.9 Å². The average molecular weight is 503 g/mol. The number of nitrogens with one attached hydrogen (secondary N) is 3. The van der Waals surface area contributed by atoms with Gasteiger partial charge in [0.05, 0.1) is 12.0 Å². The highest BCUT2D eigenvalue weighted by molar-refractivity contribution is 5.90. The van der Waals surface area contributed by atoms with E-state index in [1.54, 1.807) is 6.07 Å². The van der Waals surface area contributed by atoms with Crippen LogP contribution in [0.4, 0.5) is 5.82 Å². The maximum atomic E-state index is 12.4. The molecule has 1 amide bonds. The van der Waals surface area contributed by atoms with Crippen molar-refractivity contribution in [2.75, 3.05) is 25.0 Å². The third-order valence-electron chi connectivity index (χ3n) is 6.40. The van der Waals surface area contributed by atoms with Crippen molar-refractivity contribution < 1.29 is 14.1 Å². The number of amides is 1. The van der Waals surface area contributed by atoms with Gasteiger partial charge in [0, 0.05) is 43.3 Å². The van der Waals surface area contributed by atoms with E-state index in [1.807, 2.05) is 36.4 Å². The molecule has 0 saturated carbocycles. The number of aromatic amines is 1. The summed E-state index contributed by atoms with van der Waals surface area (Å²) in [7, 11) is 0. The molecule has 2 aromatic heterocycles. The lowest BCUT2D eigenvalue weighted by Crippen LogP contribution is -2.38. The van der Waals surface area contributed by atoms with E-state index in [1.165, 1.54) is 0 Å². The Morgan fingerprint density at radius 1 is 1.14 bits per heavy atom. The third-order valence-corrected chi connectivity index (χ3v) is 6.40. The summed E-state index contributed by atoms with van der Waals surface area (Å²) >= 11 is 0. The minimum atomic E-state index is -0.239. The molecule has 192 valence electrons. The molecule has 2 aromatic carbocycles. The number of H-pyrrole nitrogens is 1. The van der Waals surface area contributed by atoms with Gasteiger partial charge in [0.15, 0.2) is 5.82 Å². The van der Waals surface area contributed by atoms with E-state index in [9.17, 15) is 9.59 Å². The molecular weight excluding hydrogens is 472 g/mol. The standard InChI is InChI=1S/C27H30N6O4/c1-27(2,16-29-25-19-6-3-4-7-20(19)26(35)32-31-25)15-28-22(34)8-5-9-23-30-24(33-37-23)18-10-11-21-17(14-18)12-13-36-21/h3-4,6-7,10-11,14H,5,8-9,12-13,15-16H2,1-2H3,(H,28,34)(H,29,31)(H,32,35). The SMILES string of the molecule is CC(C)(CNC(=O)CCCc1nc(-c2ccc3c(c2)CCO3)no1)CNc1n[nH]c(=O)c2ccccc12. The topological polar surface area (TPSA) is 135 Å². The van der Waals surface area contributed by atoms with E-state index >= 15 is 0 Å². The predicted octanol–water partition coefficient (Wildman–Crippen LogP) is 3.49. The summed E-state index contributed by atoms with van der Waals surface area (Å²) in [5.41, 5.74) is 1.60. The number of fused-ring (bicyclic) bond motifs is 2. The number of benzene rings is 2. The van der Waals surface area contributed by atoms with Gasteiger partial charge in [-0.1, -0.05) is 37.2 Å². The van der Waals surface area contributed by atoms with E-state index in [4.69, 9.17) is 9.26 Å². The number of ether oxygens (including phenoxy) is 1. The number of hydrogen-bond donors (Lipinski definition) is 3. The van der Waals surface area contributed by atoms with Crippen LogP contribution in [0.1, 0.15) is 38.1 Å². The van der Waals surface area contributed by atoms with E-state index in [0.717, 1.165) is 28.7 Å². The highest BCUT2D eigenvalue weighted by atomic mass is 16.5. The normalized spacial score (nSPS) is 12.8. The zero-order chi connectivity index (χ0) is 25.8. The number of carbonyl (C=O) groups excluding carboxylic acids is 1. The van der Waals surface area contributed by atoms with Gasteiger partial charge in [-0.15, -0.1) is 0 Å². The van der Waals surface area contributed by atoms with Crippen LogP contribution in [0.5, 0.6) is 5.75 Å². The summed E-state index contributed by atoms with van der Waals surface area (Å²) < 4.78 is 10.9. The lowest BCUT2D eigenvalue weighted by molar-refractivity contribution is -0.121. The highest BCUT2D eigenvalue weighted by Crippen LogP contribution is 2.29. The summed E-state index contributed by atoms with van der Waals surface area (Å²) in [6.07, 6.45) is 2.39. The zero-order valence-electron chi connectivity index (χ0n) is 21.0. The monoisotopic (exact) mass is 502 g/mol. The number of hydrogen-bond acceptors (Lipinski definition) is 8. The second-order valence-electron chi connectivity index (χ2n) is 10.0. The van der Waals surface area contributed by atoms with Crippen LogP contribution in [0, 0.1) is 5.41 Å². The Morgan fingerprint density at radius 3 is 2.84 bits per heavy atom. The fourth-order valence-electron chi connectivity index (χ4n) is 4.26. The molecule has 0 aliphatic carbocycles. The summed E-state index contributed by atoms with van der Waals surface area (Å²) in [6, 6.07) is 13.2. The first-order valence-corrected chi connectivity index (χ1v) is 12.4. The second-order valence-corrected chi connectivity index (χ2v) is 10.0. The molecule has 0 bridgehead atoms. The van der Waals surface area contributed by atoms with Crippen molar-refractivity contribution in [1.29, 1.82) is 0 Å². The number of anilines is 1. The van der Waals surface area contributed by atoms with Crippen molar-refractivity contribution in [3.05, 3.63) is 64.3 Å². The van der Waals surface area contributed by atoms with Gasteiger partial charge in [0.25, 0.3) is 5.56 Å². The Morgan fingerprint density at radius 2 is 1.97 bits per heavy atom. The molecule has 0 unspecified atom stereocenters. The first-order valence-electron chi connectivity index (χ1n) is 12.4. The van der Waals surface area contributed by atoms with Gasteiger partial charge in [0.2, 0.25) is 17.6 Å². The van der Waals surface area contributed by atoms with Crippen LogP contribution in [0.3, 0.4) is 0 Å². The lowest BCUT2D eigenvalue weighted by atomic mass is 9.93. The van der Waals surface area contributed by atoms with Crippen LogP contribution in [0.25, 0.3) is 22.2 Å². The molecule has 5 rings (SSSR count). The molecule has 0 atom stereocenters. The number of nitrogens with zero attached hydrogens (tertiary/aromatic N) is 3. The molecule has 0 saturated heterocycles. The molecule has 1 aliphatic heterocycles. The van der Waals surface area contributed by atoms with Gasteiger partial charge in [0.1, 0.15) is 5.75 Å². The van der Waals surface area contributed by atoms with Crippen LogP contribution in [0.2, 0.25) is 0 Å². The molecule has 37 heavy (non-hydrogen) atoms. The number of carbonyl (C=O) groups is 1. The average Bonchev–Trinajstić information content (AvgIpc) is 3.57. The Bertz CT molecular complexity index is 1480. The number of aryl methyl sites for hydroxylation is 1. The summed E-state index contributed by atoms with van der Waals surface area (Å²) in [5.74, 6) is 2.57. The predicted molar refractivity (Wildman–Crippen MR) is 140 cm³/mol.